The molecule has 1 amide bonds. The topological polar surface area (TPSA) is 75.6 Å². The third-order valence-electron chi connectivity index (χ3n) is 4.32. The fourth-order valence-corrected chi connectivity index (χ4v) is 3.88. The van der Waals surface area contributed by atoms with Crippen molar-refractivity contribution in [2.45, 2.75) is 35.6 Å². The third kappa shape index (κ3) is 4.26. The van der Waals surface area contributed by atoms with Crippen LogP contribution in [-0.2, 0) is 9.53 Å². The van der Waals surface area contributed by atoms with E-state index in [0.717, 1.165) is 12.0 Å². The highest BCUT2D eigenvalue weighted by molar-refractivity contribution is 8.00. The maximum absolute atomic E-state index is 12.8. The van der Waals surface area contributed by atoms with Crippen molar-refractivity contribution in [3.8, 4) is 0 Å². The van der Waals surface area contributed by atoms with E-state index in [2.05, 4.69) is 5.32 Å². The molecule has 5 nitrogen and oxygen atoms in total. The van der Waals surface area contributed by atoms with Gasteiger partial charge < -0.3 is 15.2 Å². The number of carbonyl (C=O) groups is 2. The van der Waals surface area contributed by atoms with Crippen LogP contribution in [0.2, 0.25) is 0 Å². The first kappa shape index (κ1) is 18.5. The fourth-order valence-electron chi connectivity index (χ4n) is 2.95. The summed E-state index contributed by atoms with van der Waals surface area (Å²) in [5.74, 6) is -1.11. The molecule has 3 atom stereocenters. The zero-order chi connectivity index (χ0) is 18.5. The Morgan fingerprint density at radius 3 is 2.58 bits per heavy atom. The van der Waals surface area contributed by atoms with Crippen molar-refractivity contribution >= 4 is 23.6 Å². The molecule has 1 aliphatic rings. The number of carboxylic acid groups (broad SMARTS) is 1. The van der Waals surface area contributed by atoms with Crippen molar-refractivity contribution in [3.05, 3.63) is 65.7 Å². The number of carbonyl (C=O) groups excluding carboxylic acids is 1. The summed E-state index contributed by atoms with van der Waals surface area (Å²) in [5.41, 5.74) is 1.53. The van der Waals surface area contributed by atoms with Crippen LogP contribution in [0.15, 0.2) is 59.5 Å². The van der Waals surface area contributed by atoms with Gasteiger partial charge in [-0.05, 0) is 31.0 Å². The van der Waals surface area contributed by atoms with E-state index in [-0.39, 0.29) is 18.1 Å². The molecule has 2 aromatic rings. The average Bonchev–Trinajstić information content (AvgIpc) is 3.10. The Morgan fingerprint density at radius 2 is 1.85 bits per heavy atom. The second-order valence-corrected chi connectivity index (χ2v) is 7.55. The number of thioether (sulfide) groups is 1. The van der Waals surface area contributed by atoms with Crippen molar-refractivity contribution < 1.29 is 19.4 Å². The first-order valence-electron chi connectivity index (χ1n) is 8.52. The maximum Gasteiger partial charge on any atom is 0.316 e. The van der Waals surface area contributed by atoms with Crippen LogP contribution < -0.4 is 5.32 Å². The fraction of sp³-hybridized carbons (Fsp3) is 0.300. The number of rotatable bonds is 6. The summed E-state index contributed by atoms with van der Waals surface area (Å²) in [6.45, 7) is 2.20. The molecule has 136 valence electrons. The summed E-state index contributed by atoms with van der Waals surface area (Å²) in [6.07, 6.45) is 0.574. The standard InChI is InChI=1S/C20H21NO4S/c1-13(20(23)24)26-17-10-6-5-9-15(17)19(22)21-16-11-12-25-18(16)14-7-3-2-4-8-14/h2-10,13,16,18H,11-12H2,1H3,(H,21,22)(H,23,24). The van der Waals surface area contributed by atoms with E-state index in [1.54, 1.807) is 31.2 Å². The predicted molar refractivity (Wildman–Crippen MR) is 100 cm³/mol. The van der Waals surface area contributed by atoms with Gasteiger partial charge in [0, 0.05) is 11.5 Å². The Labute approximate surface area is 156 Å². The highest BCUT2D eigenvalue weighted by Gasteiger charge is 2.31. The lowest BCUT2D eigenvalue weighted by Gasteiger charge is -2.21. The number of hydrogen-bond donors (Lipinski definition) is 2. The summed E-state index contributed by atoms with van der Waals surface area (Å²) in [5, 5.41) is 11.6. The highest BCUT2D eigenvalue weighted by Crippen LogP contribution is 2.31. The van der Waals surface area contributed by atoms with Crippen molar-refractivity contribution in [1.82, 2.24) is 5.32 Å². The number of carboxylic acids is 1. The van der Waals surface area contributed by atoms with Gasteiger partial charge in [-0.3, -0.25) is 9.59 Å². The first-order chi connectivity index (χ1) is 12.6. The van der Waals surface area contributed by atoms with Gasteiger partial charge in [0.2, 0.25) is 0 Å². The van der Waals surface area contributed by atoms with E-state index in [4.69, 9.17) is 9.84 Å². The smallest absolute Gasteiger partial charge is 0.316 e. The van der Waals surface area contributed by atoms with Crippen LogP contribution in [0.3, 0.4) is 0 Å². The lowest BCUT2D eigenvalue weighted by atomic mass is 10.0. The lowest BCUT2D eigenvalue weighted by molar-refractivity contribution is -0.136. The normalized spacial score (nSPS) is 20.5. The number of nitrogens with one attached hydrogen (secondary N) is 1. The number of aliphatic carboxylic acids is 1. The number of amides is 1. The molecule has 2 aromatic carbocycles. The molecule has 3 rings (SSSR count). The Morgan fingerprint density at radius 1 is 1.15 bits per heavy atom. The average molecular weight is 371 g/mol. The molecule has 6 heteroatoms. The summed E-state index contributed by atoms with van der Waals surface area (Å²) < 4.78 is 5.82. The molecular weight excluding hydrogens is 350 g/mol. The van der Waals surface area contributed by atoms with E-state index in [1.165, 1.54) is 11.8 Å². The monoisotopic (exact) mass is 371 g/mol. The van der Waals surface area contributed by atoms with Gasteiger partial charge in [-0.1, -0.05) is 42.5 Å². The van der Waals surface area contributed by atoms with Gasteiger partial charge in [0.25, 0.3) is 5.91 Å². The van der Waals surface area contributed by atoms with Gasteiger partial charge in [-0.25, -0.2) is 0 Å². The minimum atomic E-state index is -0.904. The van der Waals surface area contributed by atoms with Crippen LogP contribution in [0.4, 0.5) is 0 Å². The Balaban J connectivity index is 1.75. The Hall–Kier alpha value is -2.31. The molecule has 1 aliphatic heterocycles. The van der Waals surface area contributed by atoms with E-state index < -0.39 is 11.2 Å². The van der Waals surface area contributed by atoms with Crippen molar-refractivity contribution in [2.24, 2.45) is 0 Å². The van der Waals surface area contributed by atoms with E-state index >= 15 is 0 Å². The van der Waals surface area contributed by atoms with Crippen LogP contribution in [0.25, 0.3) is 0 Å². The van der Waals surface area contributed by atoms with Crippen LogP contribution in [0.1, 0.15) is 35.4 Å². The number of ether oxygens (including phenoxy) is 1. The summed E-state index contributed by atoms with van der Waals surface area (Å²) >= 11 is 1.17. The quantitative estimate of drug-likeness (QED) is 0.760. The van der Waals surface area contributed by atoms with E-state index in [9.17, 15) is 9.59 Å². The zero-order valence-electron chi connectivity index (χ0n) is 14.4. The summed E-state index contributed by atoms with van der Waals surface area (Å²) in [7, 11) is 0. The Kier molecular flexibility index (Phi) is 5.96. The maximum atomic E-state index is 12.8. The molecule has 2 N–H and O–H groups in total. The molecule has 1 saturated heterocycles. The van der Waals surface area contributed by atoms with Gasteiger partial charge >= 0.3 is 5.97 Å². The van der Waals surface area contributed by atoms with Gasteiger partial charge in [0.1, 0.15) is 11.4 Å². The third-order valence-corrected chi connectivity index (χ3v) is 5.48. The molecule has 0 aromatic heterocycles. The Bertz CT molecular complexity index is 780. The second-order valence-electron chi connectivity index (χ2n) is 6.17. The van der Waals surface area contributed by atoms with Crippen LogP contribution in [0, 0.1) is 0 Å². The molecule has 1 heterocycles. The molecule has 0 saturated carbocycles. The minimum absolute atomic E-state index is 0.111. The van der Waals surface area contributed by atoms with Crippen LogP contribution in [-0.4, -0.2) is 34.9 Å². The van der Waals surface area contributed by atoms with Gasteiger partial charge in [0.05, 0.1) is 11.6 Å². The van der Waals surface area contributed by atoms with Crippen LogP contribution >= 0.6 is 11.8 Å². The van der Waals surface area contributed by atoms with Crippen molar-refractivity contribution in [3.63, 3.8) is 0 Å². The molecule has 26 heavy (non-hydrogen) atoms. The van der Waals surface area contributed by atoms with Gasteiger partial charge in [-0.2, -0.15) is 0 Å². The number of benzene rings is 2. The lowest BCUT2D eigenvalue weighted by Crippen LogP contribution is -2.37. The molecular formula is C20H21NO4S. The molecule has 3 unspecified atom stereocenters. The summed E-state index contributed by atoms with van der Waals surface area (Å²) in [6, 6.07) is 16.8. The van der Waals surface area contributed by atoms with Crippen molar-refractivity contribution in [2.75, 3.05) is 6.61 Å². The second kappa shape index (κ2) is 8.38. The zero-order valence-corrected chi connectivity index (χ0v) is 15.2. The minimum Gasteiger partial charge on any atom is -0.480 e. The van der Waals surface area contributed by atoms with E-state index in [0.29, 0.717) is 17.1 Å². The van der Waals surface area contributed by atoms with Gasteiger partial charge in [-0.15, -0.1) is 11.8 Å². The largest absolute Gasteiger partial charge is 0.480 e. The number of hydrogen-bond acceptors (Lipinski definition) is 4. The molecule has 0 aliphatic carbocycles. The molecule has 0 spiro atoms. The van der Waals surface area contributed by atoms with E-state index in [1.807, 2.05) is 30.3 Å². The molecule has 0 bridgehead atoms. The van der Waals surface area contributed by atoms with Crippen molar-refractivity contribution in [1.29, 1.82) is 0 Å². The van der Waals surface area contributed by atoms with Crippen LogP contribution in [0.5, 0.6) is 0 Å². The SMILES string of the molecule is CC(Sc1ccccc1C(=O)NC1CCOC1c1ccccc1)C(=O)O. The highest BCUT2D eigenvalue weighted by atomic mass is 32.2. The molecule has 1 fully saturated rings. The first-order valence-corrected chi connectivity index (χ1v) is 9.40. The van der Waals surface area contributed by atoms with Gasteiger partial charge in [0.15, 0.2) is 0 Å². The molecule has 0 radical (unpaired) electrons. The predicted octanol–water partition coefficient (Wildman–Crippen LogP) is 3.51. The summed E-state index contributed by atoms with van der Waals surface area (Å²) in [4.78, 5) is 24.6.